The number of ether oxygens (including phenoxy) is 1. The Morgan fingerprint density at radius 2 is 1.54 bits per heavy atom. The molecule has 5 nitrogen and oxygen atoms in total. The molecule has 0 spiro atoms. The van der Waals surface area contributed by atoms with E-state index in [0.717, 1.165) is 22.3 Å². The number of halogens is 1. The molecule has 0 aliphatic carbocycles. The average Bonchev–Trinajstić information content (AvgIpc) is 2.86. The minimum atomic E-state index is -0.446. The van der Waals surface area contributed by atoms with Crippen LogP contribution >= 0.6 is 0 Å². The van der Waals surface area contributed by atoms with Gasteiger partial charge >= 0.3 is 12.0 Å². The predicted molar refractivity (Wildman–Crippen MR) is 139 cm³/mol. The SMILES string of the molecule is COC(=O)/C=C/c1cccc(N(Cc2ccc(/C=C/c3ccc(F)cc3)cc2)C(=O)NC(C)C)c1. The summed E-state index contributed by atoms with van der Waals surface area (Å²) in [7, 11) is 1.32. The van der Waals surface area contributed by atoms with Gasteiger partial charge in [-0.05, 0) is 66.4 Å². The number of anilines is 1. The van der Waals surface area contributed by atoms with E-state index in [1.165, 1.54) is 25.3 Å². The molecule has 0 fully saturated rings. The number of nitrogens with zero attached hydrogens (tertiary/aromatic N) is 1. The molecule has 0 heterocycles. The molecule has 1 N–H and O–H groups in total. The monoisotopic (exact) mass is 472 g/mol. The Morgan fingerprint density at radius 3 is 2.14 bits per heavy atom. The maximum atomic E-state index is 13.1. The van der Waals surface area contributed by atoms with Crippen LogP contribution in [0.2, 0.25) is 0 Å². The van der Waals surface area contributed by atoms with Gasteiger partial charge in [-0.25, -0.2) is 14.0 Å². The summed E-state index contributed by atoms with van der Waals surface area (Å²) >= 11 is 0. The summed E-state index contributed by atoms with van der Waals surface area (Å²) in [5, 5.41) is 2.95. The number of hydrogen-bond donors (Lipinski definition) is 1. The van der Waals surface area contributed by atoms with Crippen molar-refractivity contribution in [2.75, 3.05) is 12.0 Å². The highest BCUT2D eigenvalue weighted by Crippen LogP contribution is 2.21. The Morgan fingerprint density at radius 1 is 0.914 bits per heavy atom. The molecular weight excluding hydrogens is 443 g/mol. The van der Waals surface area contributed by atoms with E-state index in [0.29, 0.717) is 12.2 Å². The van der Waals surface area contributed by atoms with Gasteiger partial charge < -0.3 is 10.1 Å². The summed E-state index contributed by atoms with van der Waals surface area (Å²) in [5.41, 5.74) is 4.34. The van der Waals surface area contributed by atoms with Crippen molar-refractivity contribution in [3.05, 3.63) is 107 Å². The van der Waals surface area contributed by atoms with E-state index >= 15 is 0 Å². The maximum absolute atomic E-state index is 13.1. The van der Waals surface area contributed by atoms with E-state index in [4.69, 9.17) is 0 Å². The van der Waals surface area contributed by atoms with Crippen LogP contribution < -0.4 is 10.2 Å². The van der Waals surface area contributed by atoms with Gasteiger partial charge in [0.15, 0.2) is 0 Å². The molecule has 0 saturated heterocycles. The molecule has 0 aromatic heterocycles. The summed E-state index contributed by atoms with van der Waals surface area (Å²) in [6.45, 7) is 4.19. The smallest absolute Gasteiger partial charge is 0.330 e. The van der Waals surface area contributed by atoms with Crippen LogP contribution in [-0.2, 0) is 16.1 Å². The van der Waals surface area contributed by atoms with Gasteiger partial charge in [-0.2, -0.15) is 0 Å². The largest absolute Gasteiger partial charge is 0.466 e. The third-order valence-corrected chi connectivity index (χ3v) is 5.11. The summed E-state index contributed by atoms with van der Waals surface area (Å²) in [4.78, 5) is 26.1. The first kappa shape index (κ1) is 25.4. The van der Waals surface area contributed by atoms with Crippen LogP contribution in [0.3, 0.4) is 0 Å². The zero-order valence-electron chi connectivity index (χ0n) is 20.1. The number of benzene rings is 3. The average molecular weight is 473 g/mol. The van der Waals surface area contributed by atoms with Gasteiger partial charge in [-0.3, -0.25) is 4.90 Å². The molecule has 0 atom stereocenters. The molecule has 0 unspecified atom stereocenters. The topological polar surface area (TPSA) is 58.6 Å². The molecule has 2 amide bonds. The van der Waals surface area contributed by atoms with Gasteiger partial charge in [0.25, 0.3) is 0 Å². The molecule has 6 heteroatoms. The number of methoxy groups -OCH3 is 1. The summed E-state index contributed by atoms with van der Waals surface area (Å²) < 4.78 is 17.7. The lowest BCUT2D eigenvalue weighted by Crippen LogP contribution is -2.42. The number of amides is 2. The molecular formula is C29H29FN2O3. The Kier molecular flexibility index (Phi) is 8.95. The Hall–Kier alpha value is -4.19. The molecule has 0 saturated carbocycles. The van der Waals surface area contributed by atoms with Crippen LogP contribution in [0.15, 0.2) is 78.9 Å². The maximum Gasteiger partial charge on any atom is 0.330 e. The fourth-order valence-electron chi connectivity index (χ4n) is 3.32. The highest BCUT2D eigenvalue weighted by atomic mass is 19.1. The van der Waals surface area contributed by atoms with Crippen LogP contribution in [0.1, 0.15) is 36.1 Å². The number of carbonyl (C=O) groups is 2. The standard InChI is InChI=1S/C29H29FN2O3/c1-21(2)31-29(34)32(27-6-4-5-24(19-27)15-18-28(33)35-3)20-25-11-9-22(10-12-25)7-8-23-13-16-26(30)17-14-23/h4-19,21H,20H2,1-3H3,(H,31,34)/b8-7+,18-15+. The van der Waals surface area contributed by atoms with Crippen molar-refractivity contribution < 1.29 is 18.7 Å². The van der Waals surface area contributed by atoms with Crippen molar-refractivity contribution in [3.8, 4) is 0 Å². The molecule has 0 radical (unpaired) electrons. The lowest BCUT2D eigenvalue weighted by Gasteiger charge is -2.25. The predicted octanol–water partition coefficient (Wildman–Crippen LogP) is 6.31. The highest BCUT2D eigenvalue weighted by molar-refractivity contribution is 5.93. The molecule has 0 bridgehead atoms. The Labute approximate surface area is 205 Å². The van der Waals surface area contributed by atoms with Gasteiger partial charge in [0.2, 0.25) is 0 Å². The van der Waals surface area contributed by atoms with Crippen LogP contribution in [0.5, 0.6) is 0 Å². The molecule has 0 aliphatic rings. The van der Waals surface area contributed by atoms with Gasteiger partial charge in [0.1, 0.15) is 5.82 Å². The number of carbonyl (C=O) groups excluding carboxylic acids is 2. The van der Waals surface area contributed by atoms with E-state index < -0.39 is 5.97 Å². The van der Waals surface area contributed by atoms with Crippen molar-refractivity contribution in [1.82, 2.24) is 5.32 Å². The van der Waals surface area contributed by atoms with Gasteiger partial charge in [-0.15, -0.1) is 0 Å². The molecule has 3 aromatic rings. The molecule has 3 aromatic carbocycles. The lowest BCUT2D eigenvalue weighted by molar-refractivity contribution is -0.134. The summed E-state index contributed by atoms with van der Waals surface area (Å²) in [6.07, 6.45) is 6.87. The summed E-state index contributed by atoms with van der Waals surface area (Å²) in [6, 6.07) is 21.4. The van der Waals surface area contributed by atoms with Crippen LogP contribution in [-0.4, -0.2) is 25.2 Å². The molecule has 35 heavy (non-hydrogen) atoms. The zero-order valence-corrected chi connectivity index (χ0v) is 20.1. The van der Waals surface area contributed by atoms with Gasteiger partial charge in [-0.1, -0.05) is 60.7 Å². The van der Waals surface area contributed by atoms with Crippen LogP contribution in [0.25, 0.3) is 18.2 Å². The van der Waals surface area contributed by atoms with Crippen molar-refractivity contribution in [1.29, 1.82) is 0 Å². The first-order valence-electron chi connectivity index (χ1n) is 11.3. The minimum Gasteiger partial charge on any atom is -0.466 e. The van der Waals surface area contributed by atoms with Gasteiger partial charge in [0.05, 0.1) is 13.7 Å². The number of nitrogens with one attached hydrogen (secondary N) is 1. The van der Waals surface area contributed by atoms with Crippen molar-refractivity contribution >= 4 is 35.9 Å². The fraction of sp³-hybridized carbons (Fsp3) is 0.172. The van der Waals surface area contributed by atoms with Crippen molar-refractivity contribution in [2.45, 2.75) is 26.4 Å². The normalized spacial score (nSPS) is 11.2. The Balaban J connectivity index is 1.79. The quantitative estimate of drug-likeness (QED) is 0.238. The van der Waals surface area contributed by atoms with E-state index in [1.807, 2.05) is 74.5 Å². The second-order valence-electron chi connectivity index (χ2n) is 8.27. The minimum absolute atomic E-state index is 0.0219. The lowest BCUT2D eigenvalue weighted by atomic mass is 10.1. The van der Waals surface area contributed by atoms with Crippen molar-refractivity contribution in [2.24, 2.45) is 0 Å². The second kappa shape index (κ2) is 12.3. The van der Waals surface area contributed by atoms with Crippen molar-refractivity contribution in [3.63, 3.8) is 0 Å². The number of rotatable bonds is 8. The first-order valence-corrected chi connectivity index (χ1v) is 11.3. The van der Waals surface area contributed by atoms with E-state index in [1.54, 1.807) is 23.1 Å². The Bertz CT molecular complexity index is 1200. The second-order valence-corrected chi connectivity index (χ2v) is 8.27. The third kappa shape index (κ3) is 7.96. The van der Waals surface area contributed by atoms with E-state index in [-0.39, 0.29) is 17.9 Å². The number of esters is 1. The summed E-state index contributed by atoms with van der Waals surface area (Å²) in [5.74, 6) is -0.707. The first-order chi connectivity index (χ1) is 16.8. The zero-order chi connectivity index (χ0) is 25.2. The third-order valence-electron chi connectivity index (χ3n) is 5.11. The van der Waals surface area contributed by atoms with E-state index in [2.05, 4.69) is 10.1 Å². The molecule has 0 aliphatic heterocycles. The van der Waals surface area contributed by atoms with E-state index in [9.17, 15) is 14.0 Å². The highest BCUT2D eigenvalue weighted by Gasteiger charge is 2.17. The fourth-order valence-corrected chi connectivity index (χ4v) is 3.32. The molecule has 180 valence electrons. The number of hydrogen-bond acceptors (Lipinski definition) is 3. The molecule has 3 rings (SSSR count). The van der Waals surface area contributed by atoms with Gasteiger partial charge in [0, 0.05) is 17.8 Å². The number of urea groups is 1. The van der Waals surface area contributed by atoms with Crippen LogP contribution in [0, 0.1) is 5.82 Å². The van der Waals surface area contributed by atoms with Crippen LogP contribution in [0.4, 0.5) is 14.9 Å².